The van der Waals surface area contributed by atoms with E-state index in [1.807, 2.05) is 7.05 Å². The summed E-state index contributed by atoms with van der Waals surface area (Å²) in [5.41, 5.74) is 2.18. The predicted molar refractivity (Wildman–Crippen MR) is 54.2 cm³/mol. The van der Waals surface area contributed by atoms with Crippen LogP contribution in [0.25, 0.3) is 0 Å². The summed E-state index contributed by atoms with van der Waals surface area (Å²) in [6.45, 7) is 0.435. The summed E-state index contributed by atoms with van der Waals surface area (Å²) in [6.07, 6.45) is 5.40. The fourth-order valence-electron chi connectivity index (χ4n) is 3.14. The van der Waals surface area contributed by atoms with Crippen LogP contribution in [-0.2, 0) is 4.79 Å². The van der Waals surface area contributed by atoms with Gasteiger partial charge in [0, 0.05) is 6.04 Å². The van der Waals surface area contributed by atoms with E-state index >= 15 is 0 Å². The van der Waals surface area contributed by atoms with Crippen molar-refractivity contribution >= 4 is 5.91 Å². The Morgan fingerprint density at radius 1 is 1.50 bits per heavy atom. The molecule has 0 aliphatic heterocycles. The van der Waals surface area contributed by atoms with Crippen molar-refractivity contribution in [1.29, 1.82) is 0 Å². The fourth-order valence-corrected chi connectivity index (χ4v) is 3.14. The van der Waals surface area contributed by atoms with Crippen LogP contribution in [0.4, 0.5) is 0 Å². The molecule has 2 aliphatic rings. The topological polar surface area (TPSA) is 58.4 Å². The highest BCUT2D eigenvalue weighted by Crippen LogP contribution is 2.46. The minimum atomic E-state index is -0.0877. The zero-order valence-electron chi connectivity index (χ0n) is 8.70. The van der Waals surface area contributed by atoms with Crippen molar-refractivity contribution in [1.82, 2.24) is 10.3 Å². The molecular weight excluding hydrogens is 178 g/mol. The molecule has 2 bridgehead atoms. The molecule has 14 heavy (non-hydrogen) atoms. The van der Waals surface area contributed by atoms with Crippen LogP contribution in [0.15, 0.2) is 0 Å². The maximum absolute atomic E-state index is 11.1. The van der Waals surface area contributed by atoms with E-state index in [9.17, 15) is 4.79 Å². The molecule has 0 saturated heterocycles. The monoisotopic (exact) mass is 197 g/mol. The van der Waals surface area contributed by atoms with Gasteiger partial charge in [0.05, 0.1) is 6.54 Å². The van der Waals surface area contributed by atoms with Crippen LogP contribution in [-0.4, -0.2) is 30.4 Å². The molecule has 0 aromatic heterocycles. The van der Waals surface area contributed by atoms with E-state index in [0.717, 1.165) is 11.8 Å². The molecule has 0 heterocycles. The molecule has 0 aromatic carbocycles. The second-order valence-corrected chi connectivity index (χ2v) is 4.72. The third kappa shape index (κ3) is 1.77. The van der Waals surface area contributed by atoms with Crippen LogP contribution < -0.4 is 11.3 Å². The van der Waals surface area contributed by atoms with Crippen LogP contribution in [0.1, 0.15) is 25.7 Å². The van der Waals surface area contributed by atoms with Gasteiger partial charge in [0.15, 0.2) is 0 Å². The summed E-state index contributed by atoms with van der Waals surface area (Å²) >= 11 is 0. The van der Waals surface area contributed by atoms with Gasteiger partial charge in [-0.3, -0.25) is 15.1 Å². The summed E-state index contributed by atoms with van der Waals surface area (Å²) in [4.78, 5) is 13.3. The Kier molecular flexibility index (Phi) is 2.74. The molecule has 80 valence electrons. The Morgan fingerprint density at radius 3 is 2.79 bits per heavy atom. The normalized spacial score (nSPS) is 35.2. The zero-order chi connectivity index (χ0) is 10.1. The van der Waals surface area contributed by atoms with Crippen LogP contribution in [0.2, 0.25) is 0 Å². The van der Waals surface area contributed by atoms with Gasteiger partial charge in [-0.1, -0.05) is 6.42 Å². The number of nitrogens with two attached hydrogens (primary N) is 1. The first-order valence-corrected chi connectivity index (χ1v) is 5.40. The molecule has 0 spiro atoms. The molecule has 2 fully saturated rings. The van der Waals surface area contributed by atoms with Crippen molar-refractivity contribution < 1.29 is 4.79 Å². The quantitative estimate of drug-likeness (QED) is 0.383. The molecule has 4 heteroatoms. The number of carbonyl (C=O) groups excluding carboxylic acids is 1. The maximum Gasteiger partial charge on any atom is 0.248 e. The summed E-state index contributed by atoms with van der Waals surface area (Å²) < 4.78 is 0. The average Bonchev–Trinajstić information content (AvgIpc) is 2.78. The lowest BCUT2D eigenvalue weighted by atomic mass is 9.94. The van der Waals surface area contributed by atoms with Crippen LogP contribution in [0.3, 0.4) is 0 Å². The third-order valence-corrected chi connectivity index (χ3v) is 3.82. The van der Waals surface area contributed by atoms with Crippen LogP contribution in [0.5, 0.6) is 0 Å². The molecule has 2 aliphatic carbocycles. The van der Waals surface area contributed by atoms with Gasteiger partial charge in [-0.15, -0.1) is 0 Å². The number of hydrazine groups is 1. The van der Waals surface area contributed by atoms with Crippen molar-refractivity contribution in [2.45, 2.75) is 31.7 Å². The number of rotatable bonds is 3. The summed E-state index contributed by atoms with van der Waals surface area (Å²) in [6, 6.07) is 0.617. The second-order valence-electron chi connectivity index (χ2n) is 4.72. The molecule has 3 unspecified atom stereocenters. The lowest BCUT2D eigenvalue weighted by molar-refractivity contribution is -0.122. The Bertz CT molecular complexity index is 231. The number of fused-ring (bicyclic) bond motifs is 2. The Hall–Kier alpha value is -0.610. The van der Waals surface area contributed by atoms with Gasteiger partial charge >= 0.3 is 0 Å². The van der Waals surface area contributed by atoms with Gasteiger partial charge in [0.25, 0.3) is 0 Å². The predicted octanol–water partition coefficient (Wildman–Crippen LogP) is 0.0967. The largest absolute Gasteiger partial charge is 0.294 e. The third-order valence-electron chi connectivity index (χ3n) is 3.82. The number of amides is 1. The first-order chi connectivity index (χ1) is 6.70. The number of hydrogen-bond donors (Lipinski definition) is 2. The van der Waals surface area contributed by atoms with Crippen molar-refractivity contribution in [3.8, 4) is 0 Å². The number of nitrogens with one attached hydrogen (secondary N) is 1. The molecule has 2 saturated carbocycles. The first-order valence-electron chi connectivity index (χ1n) is 5.40. The van der Waals surface area contributed by atoms with Gasteiger partial charge in [-0.05, 0) is 38.1 Å². The second kappa shape index (κ2) is 3.87. The number of carbonyl (C=O) groups is 1. The molecular formula is C10H19N3O. The van der Waals surface area contributed by atoms with Gasteiger partial charge in [0.1, 0.15) is 0 Å². The van der Waals surface area contributed by atoms with Crippen molar-refractivity contribution in [2.75, 3.05) is 13.6 Å². The molecule has 1 amide bonds. The van der Waals surface area contributed by atoms with Crippen LogP contribution >= 0.6 is 0 Å². The van der Waals surface area contributed by atoms with Gasteiger partial charge < -0.3 is 0 Å². The van der Waals surface area contributed by atoms with E-state index in [0.29, 0.717) is 12.6 Å². The maximum atomic E-state index is 11.1. The van der Waals surface area contributed by atoms with Gasteiger partial charge in [-0.2, -0.15) is 0 Å². The number of nitrogens with zero attached hydrogens (tertiary/aromatic N) is 1. The Labute approximate surface area is 84.8 Å². The van der Waals surface area contributed by atoms with E-state index in [2.05, 4.69) is 10.3 Å². The number of likely N-dealkylation sites (N-methyl/N-ethyl adjacent to an activating group) is 1. The smallest absolute Gasteiger partial charge is 0.248 e. The Morgan fingerprint density at radius 2 is 2.29 bits per heavy atom. The summed E-state index contributed by atoms with van der Waals surface area (Å²) in [7, 11) is 2.03. The van der Waals surface area contributed by atoms with E-state index in [1.54, 1.807) is 0 Å². The molecule has 0 radical (unpaired) electrons. The minimum absolute atomic E-state index is 0.0877. The van der Waals surface area contributed by atoms with Crippen molar-refractivity contribution in [2.24, 2.45) is 17.7 Å². The highest BCUT2D eigenvalue weighted by Gasteiger charge is 2.41. The molecule has 0 aromatic rings. The lowest BCUT2D eigenvalue weighted by Crippen LogP contribution is -2.44. The average molecular weight is 197 g/mol. The standard InChI is InChI=1S/C10H19N3O/c1-13(6-10(14)12-11)9-5-7-2-3-8(9)4-7/h7-9H,2-6,11H2,1H3,(H,12,14). The van der Waals surface area contributed by atoms with Gasteiger partial charge in [-0.25, -0.2) is 5.84 Å². The van der Waals surface area contributed by atoms with E-state index in [1.165, 1.54) is 25.7 Å². The van der Waals surface area contributed by atoms with E-state index in [4.69, 9.17) is 5.84 Å². The lowest BCUT2D eigenvalue weighted by Gasteiger charge is -2.30. The van der Waals surface area contributed by atoms with Gasteiger partial charge in [0.2, 0.25) is 5.91 Å². The summed E-state index contributed by atoms with van der Waals surface area (Å²) in [5.74, 6) is 6.73. The van der Waals surface area contributed by atoms with E-state index in [-0.39, 0.29) is 5.91 Å². The van der Waals surface area contributed by atoms with E-state index < -0.39 is 0 Å². The molecule has 2 rings (SSSR count). The first kappa shape index (κ1) is 9.93. The van der Waals surface area contributed by atoms with Crippen molar-refractivity contribution in [3.63, 3.8) is 0 Å². The highest BCUT2D eigenvalue weighted by molar-refractivity contribution is 5.77. The number of hydrogen-bond acceptors (Lipinski definition) is 3. The molecule has 3 atom stereocenters. The molecule has 4 nitrogen and oxygen atoms in total. The molecule has 3 N–H and O–H groups in total. The zero-order valence-corrected chi connectivity index (χ0v) is 8.70. The fraction of sp³-hybridized carbons (Fsp3) is 0.900. The van der Waals surface area contributed by atoms with Crippen molar-refractivity contribution in [3.05, 3.63) is 0 Å². The minimum Gasteiger partial charge on any atom is -0.294 e. The SMILES string of the molecule is CN(CC(=O)NN)C1CC2CCC1C2. The van der Waals surface area contributed by atoms with Crippen LogP contribution in [0, 0.1) is 11.8 Å². The highest BCUT2D eigenvalue weighted by atomic mass is 16.2. The Balaban J connectivity index is 1.86. The summed E-state index contributed by atoms with van der Waals surface area (Å²) in [5, 5.41) is 0.